The molecule has 9 heteroatoms. The molecule has 2 aromatic rings. The Hall–Kier alpha value is -1.81. The van der Waals surface area contributed by atoms with Crippen LogP contribution >= 0.6 is 11.3 Å². The number of nitrogens with zero attached hydrogens (tertiary/aromatic N) is 1. The SMILES string of the molecule is O=C(NCc1cccs1)c1ccc(F)c(S(=O)(=O)N2CCOCC2)c1. The van der Waals surface area contributed by atoms with Gasteiger partial charge in [0, 0.05) is 23.5 Å². The molecule has 0 atom stereocenters. The first-order valence-electron chi connectivity index (χ1n) is 7.66. The van der Waals surface area contributed by atoms with Crippen LogP contribution in [0.15, 0.2) is 40.6 Å². The quantitative estimate of drug-likeness (QED) is 0.854. The molecule has 0 saturated carbocycles. The van der Waals surface area contributed by atoms with Crippen molar-refractivity contribution in [1.82, 2.24) is 9.62 Å². The van der Waals surface area contributed by atoms with Crippen molar-refractivity contribution in [3.8, 4) is 0 Å². The third kappa shape index (κ3) is 4.06. The molecule has 0 spiro atoms. The Morgan fingerprint density at radius 2 is 2.04 bits per heavy atom. The maximum absolute atomic E-state index is 14.1. The molecule has 1 amide bonds. The van der Waals surface area contributed by atoms with Crippen molar-refractivity contribution in [2.45, 2.75) is 11.4 Å². The zero-order chi connectivity index (χ0) is 17.9. The summed E-state index contributed by atoms with van der Waals surface area (Å²) in [6.07, 6.45) is 0. The van der Waals surface area contributed by atoms with E-state index in [1.165, 1.54) is 21.7 Å². The van der Waals surface area contributed by atoms with E-state index in [1.54, 1.807) is 0 Å². The van der Waals surface area contributed by atoms with Gasteiger partial charge in [0.1, 0.15) is 10.7 Å². The minimum Gasteiger partial charge on any atom is -0.379 e. The number of carbonyl (C=O) groups excluding carboxylic acids is 1. The van der Waals surface area contributed by atoms with Crippen molar-refractivity contribution in [3.63, 3.8) is 0 Å². The van der Waals surface area contributed by atoms with Crippen LogP contribution < -0.4 is 5.32 Å². The number of thiophene rings is 1. The summed E-state index contributed by atoms with van der Waals surface area (Å²) in [5.74, 6) is -1.33. The molecule has 2 heterocycles. The van der Waals surface area contributed by atoms with Crippen LogP contribution in [0.5, 0.6) is 0 Å². The normalized spacial score (nSPS) is 15.9. The topological polar surface area (TPSA) is 75.7 Å². The Bertz CT molecular complexity index is 847. The van der Waals surface area contributed by atoms with Crippen molar-refractivity contribution < 1.29 is 22.3 Å². The lowest BCUT2D eigenvalue weighted by Crippen LogP contribution is -2.41. The lowest BCUT2D eigenvalue weighted by atomic mass is 10.2. The summed E-state index contributed by atoms with van der Waals surface area (Å²) in [5.41, 5.74) is 0.102. The van der Waals surface area contributed by atoms with Crippen LogP contribution in [-0.2, 0) is 21.3 Å². The minimum absolute atomic E-state index is 0.102. The van der Waals surface area contributed by atoms with Crippen molar-refractivity contribution in [2.24, 2.45) is 0 Å². The van der Waals surface area contributed by atoms with Crippen molar-refractivity contribution >= 4 is 27.3 Å². The summed E-state index contributed by atoms with van der Waals surface area (Å²) >= 11 is 1.50. The van der Waals surface area contributed by atoms with Gasteiger partial charge in [0.2, 0.25) is 10.0 Å². The summed E-state index contributed by atoms with van der Waals surface area (Å²) in [6.45, 7) is 1.19. The maximum Gasteiger partial charge on any atom is 0.251 e. The lowest BCUT2D eigenvalue weighted by Gasteiger charge is -2.26. The molecular weight excluding hydrogens is 367 g/mol. The van der Waals surface area contributed by atoms with E-state index in [-0.39, 0.29) is 31.9 Å². The molecule has 3 rings (SSSR count). The van der Waals surface area contributed by atoms with Gasteiger partial charge >= 0.3 is 0 Å². The fourth-order valence-corrected chi connectivity index (χ4v) is 4.59. The van der Waals surface area contributed by atoms with Gasteiger partial charge < -0.3 is 10.1 Å². The predicted molar refractivity (Wildman–Crippen MR) is 91.5 cm³/mol. The summed E-state index contributed by atoms with van der Waals surface area (Å²) < 4.78 is 45.7. The van der Waals surface area contributed by atoms with Crippen LogP contribution in [-0.4, -0.2) is 44.9 Å². The van der Waals surface area contributed by atoms with Crippen LogP contribution in [0.4, 0.5) is 4.39 Å². The molecular formula is C16H17FN2O4S2. The van der Waals surface area contributed by atoms with E-state index < -0.39 is 26.6 Å². The van der Waals surface area contributed by atoms with Gasteiger partial charge in [-0.2, -0.15) is 4.31 Å². The molecule has 1 fully saturated rings. The Balaban J connectivity index is 1.81. The predicted octanol–water partition coefficient (Wildman–Crippen LogP) is 1.84. The number of halogens is 1. The molecule has 0 radical (unpaired) electrons. The minimum atomic E-state index is -4.01. The third-order valence-electron chi connectivity index (χ3n) is 3.78. The fourth-order valence-electron chi connectivity index (χ4n) is 2.45. The van der Waals surface area contributed by atoms with Crippen molar-refractivity contribution in [1.29, 1.82) is 0 Å². The first kappa shape index (κ1) is 18.0. The van der Waals surface area contributed by atoms with Crippen LogP contribution in [0.25, 0.3) is 0 Å². The average molecular weight is 384 g/mol. The lowest BCUT2D eigenvalue weighted by molar-refractivity contribution is 0.0729. The van der Waals surface area contributed by atoms with E-state index in [1.807, 2.05) is 17.5 Å². The Morgan fingerprint density at radius 3 is 2.72 bits per heavy atom. The Labute approximate surface area is 149 Å². The first-order valence-corrected chi connectivity index (χ1v) is 9.98. The maximum atomic E-state index is 14.1. The number of nitrogens with one attached hydrogen (secondary N) is 1. The van der Waals surface area contributed by atoms with E-state index in [4.69, 9.17) is 4.74 Å². The van der Waals surface area contributed by atoms with E-state index in [0.29, 0.717) is 6.54 Å². The highest BCUT2D eigenvalue weighted by molar-refractivity contribution is 7.89. The Kier molecular flexibility index (Phi) is 5.48. The summed E-state index contributed by atoms with van der Waals surface area (Å²) in [4.78, 5) is 12.7. The molecule has 1 aromatic carbocycles. The number of hydrogen-bond acceptors (Lipinski definition) is 5. The molecule has 1 aromatic heterocycles. The number of carbonyl (C=O) groups is 1. The van der Waals surface area contributed by atoms with E-state index in [2.05, 4.69) is 5.32 Å². The number of amides is 1. The number of benzene rings is 1. The molecule has 6 nitrogen and oxygen atoms in total. The van der Waals surface area contributed by atoms with Gasteiger partial charge in [-0.05, 0) is 29.6 Å². The average Bonchev–Trinajstić information content (AvgIpc) is 3.14. The summed E-state index contributed by atoms with van der Waals surface area (Å²) in [6, 6.07) is 7.12. The second kappa shape index (κ2) is 7.61. The number of hydrogen-bond donors (Lipinski definition) is 1. The fraction of sp³-hybridized carbons (Fsp3) is 0.312. The second-order valence-electron chi connectivity index (χ2n) is 5.42. The largest absolute Gasteiger partial charge is 0.379 e. The highest BCUT2D eigenvalue weighted by Crippen LogP contribution is 2.22. The van der Waals surface area contributed by atoms with Crippen LogP contribution in [0.1, 0.15) is 15.2 Å². The molecule has 0 bridgehead atoms. The van der Waals surface area contributed by atoms with Crippen molar-refractivity contribution in [3.05, 3.63) is 52.0 Å². The number of morpholine rings is 1. The van der Waals surface area contributed by atoms with Crippen LogP contribution in [0.2, 0.25) is 0 Å². The van der Waals surface area contributed by atoms with E-state index in [0.717, 1.165) is 17.0 Å². The van der Waals surface area contributed by atoms with Gasteiger partial charge in [-0.3, -0.25) is 4.79 Å². The zero-order valence-electron chi connectivity index (χ0n) is 13.3. The highest BCUT2D eigenvalue weighted by atomic mass is 32.2. The van der Waals surface area contributed by atoms with Gasteiger partial charge in [0.25, 0.3) is 5.91 Å². The monoisotopic (exact) mass is 384 g/mol. The smallest absolute Gasteiger partial charge is 0.251 e. The number of sulfonamides is 1. The van der Waals surface area contributed by atoms with Gasteiger partial charge in [-0.1, -0.05) is 6.07 Å². The summed E-state index contributed by atoms with van der Waals surface area (Å²) in [5, 5.41) is 4.59. The van der Waals surface area contributed by atoms with Crippen LogP contribution in [0.3, 0.4) is 0 Å². The van der Waals surface area contributed by atoms with Gasteiger partial charge in [-0.25, -0.2) is 12.8 Å². The number of ether oxygens (including phenoxy) is 1. The van der Waals surface area contributed by atoms with Crippen molar-refractivity contribution in [2.75, 3.05) is 26.3 Å². The standard InChI is InChI=1S/C16H17FN2O4S2/c17-14-4-3-12(16(20)18-11-13-2-1-9-24-13)10-15(14)25(21,22)19-5-7-23-8-6-19/h1-4,9-10H,5-8,11H2,(H,18,20). The second-order valence-corrected chi connectivity index (χ2v) is 8.36. The van der Waals surface area contributed by atoms with E-state index in [9.17, 15) is 17.6 Å². The molecule has 134 valence electrons. The molecule has 0 aliphatic carbocycles. The van der Waals surface area contributed by atoms with Gasteiger partial charge in [0.05, 0.1) is 19.8 Å². The Morgan fingerprint density at radius 1 is 1.28 bits per heavy atom. The van der Waals surface area contributed by atoms with Crippen LogP contribution in [0, 0.1) is 5.82 Å². The third-order valence-corrected chi connectivity index (χ3v) is 6.57. The van der Waals surface area contributed by atoms with E-state index >= 15 is 0 Å². The molecule has 0 unspecified atom stereocenters. The zero-order valence-corrected chi connectivity index (χ0v) is 14.9. The molecule has 1 N–H and O–H groups in total. The van der Waals surface area contributed by atoms with Gasteiger partial charge in [0.15, 0.2) is 0 Å². The molecule has 1 aliphatic rings. The highest BCUT2D eigenvalue weighted by Gasteiger charge is 2.29. The van der Waals surface area contributed by atoms with Gasteiger partial charge in [-0.15, -0.1) is 11.3 Å². The molecule has 1 aliphatic heterocycles. The molecule has 1 saturated heterocycles. The molecule has 25 heavy (non-hydrogen) atoms. The number of rotatable bonds is 5. The first-order chi connectivity index (χ1) is 12.0. The summed E-state index contributed by atoms with van der Waals surface area (Å²) in [7, 11) is -4.01.